The molecule has 0 atom stereocenters. The van der Waals surface area contributed by atoms with Crippen LogP contribution in [0.15, 0.2) is 9.59 Å². The van der Waals surface area contributed by atoms with Crippen molar-refractivity contribution >= 4 is 0 Å². The summed E-state index contributed by atoms with van der Waals surface area (Å²) >= 11 is 0. The van der Waals surface area contributed by atoms with Gasteiger partial charge in [-0.05, 0) is 0 Å². The second-order valence-electron chi connectivity index (χ2n) is 1.88. The van der Waals surface area contributed by atoms with Crippen LogP contribution in [0, 0.1) is 22.7 Å². The van der Waals surface area contributed by atoms with Crippen molar-refractivity contribution in [3.05, 3.63) is 32.1 Å². The van der Waals surface area contributed by atoms with E-state index in [1.807, 2.05) is 9.97 Å². The summed E-state index contributed by atoms with van der Waals surface area (Å²) in [4.78, 5) is 25.2. The first-order valence-corrected chi connectivity index (χ1v) is 2.86. The van der Waals surface area contributed by atoms with E-state index in [0.717, 1.165) is 0 Å². The fourth-order valence-corrected chi connectivity index (χ4v) is 0.677. The number of aromatic nitrogens is 2. The lowest BCUT2D eigenvalue weighted by Crippen LogP contribution is -2.25. The Morgan fingerprint density at radius 2 is 1.75 bits per heavy atom. The molecule has 0 unspecified atom stereocenters. The normalized spacial score (nSPS) is 8.50. The topological polar surface area (TPSA) is 113 Å². The van der Waals surface area contributed by atoms with Gasteiger partial charge in [-0.2, -0.15) is 10.5 Å². The van der Waals surface area contributed by atoms with Crippen LogP contribution < -0.4 is 11.2 Å². The largest absolute Gasteiger partial charge is 0.326 e. The van der Waals surface area contributed by atoms with Gasteiger partial charge in [0.1, 0.15) is 17.8 Å². The van der Waals surface area contributed by atoms with Gasteiger partial charge in [-0.15, -0.1) is 0 Å². The molecule has 58 valence electrons. The maximum atomic E-state index is 10.8. The molecule has 0 aliphatic carbocycles. The number of rotatable bonds is 0. The molecule has 0 spiro atoms. The Morgan fingerprint density at radius 3 is 2.25 bits per heavy atom. The van der Waals surface area contributed by atoms with E-state index < -0.39 is 11.2 Å². The SMILES string of the molecule is N#Cc1[nH]c(=O)[nH]c(=O)c1C#N. The summed E-state index contributed by atoms with van der Waals surface area (Å²) in [6.07, 6.45) is 0. The lowest BCUT2D eigenvalue weighted by molar-refractivity contribution is 1.01. The zero-order valence-corrected chi connectivity index (χ0v) is 5.71. The molecule has 0 saturated carbocycles. The number of nitrogens with one attached hydrogen (secondary N) is 2. The molecule has 0 saturated heterocycles. The molecule has 0 bridgehead atoms. The number of nitriles is 2. The van der Waals surface area contributed by atoms with Crippen molar-refractivity contribution in [2.75, 3.05) is 0 Å². The molecule has 0 fully saturated rings. The molecule has 0 radical (unpaired) electrons. The maximum absolute atomic E-state index is 10.8. The Kier molecular flexibility index (Phi) is 1.76. The van der Waals surface area contributed by atoms with E-state index in [1.165, 1.54) is 12.1 Å². The van der Waals surface area contributed by atoms with Crippen LogP contribution >= 0.6 is 0 Å². The minimum absolute atomic E-state index is 0.314. The quantitative estimate of drug-likeness (QED) is 0.499. The summed E-state index contributed by atoms with van der Waals surface area (Å²) in [6, 6.07) is 3.04. The third-order valence-electron chi connectivity index (χ3n) is 1.17. The molecule has 0 aromatic carbocycles. The van der Waals surface area contributed by atoms with Crippen LogP contribution in [-0.4, -0.2) is 9.97 Å². The summed E-state index contributed by atoms with van der Waals surface area (Å²) in [5.74, 6) is 0. The summed E-state index contributed by atoms with van der Waals surface area (Å²) in [6.45, 7) is 0. The molecule has 1 rings (SSSR count). The standard InChI is InChI=1S/C6H2N4O2/c7-1-3-4(2-8)9-6(12)10-5(3)11/h(H2,9,10,11,12). The van der Waals surface area contributed by atoms with Crippen LogP contribution in [-0.2, 0) is 0 Å². The van der Waals surface area contributed by atoms with Crippen LogP contribution in [0.5, 0.6) is 0 Å². The van der Waals surface area contributed by atoms with E-state index >= 15 is 0 Å². The van der Waals surface area contributed by atoms with Gasteiger partial charge >= 0.3 is 5.69 Å². The van der Waals surface area contributed by atoms with E-state index in [1.54, 1.807) is 0 Å². The molecule has 1 aromatic rings. The monoisotopic (exact) mass is 162 g/mol. The number of hydrogen-bond donors (Lipinski definition) is 2. The lowest BCUT2D eigenvalue weighted by Gasteiger charge is -1.89. The average molecular weight is 162 g/mol. The molecular weight excluding hydrogens is 160 g/mol. The second kappa shape index (κ2) is 2.72. The third kappa shape index (κ3) is 1.09. The predicted octanol–water partition coefficient (Wildman–Crippen LogP) is -1.19. The van der Waals surface area contributed by atoms with Crippen molar-refractivity contribution in [1.29, 1.82) is 10.5 Å². The van der Waals surface area contributed by atoms with Gasteiger partial charge in [0, 0.05) is 0 Å². The number of hydrogen-bond acceptors (Lipinski definition) is 4. The van der Waals surface area contributed by atoms with E-state index in [0.29, 0.717) is 0 Å². The minimum atomic E-state index is -0.849. The molecule has 1 heterocycles. The van der Waals surface area contributed by atoms with Gasteiger partial charge < -0.3 is 0 Å². The fraction of sp³-hybridized carbons (Fsp3) is 0. The van der Waals surface area contributed by atoms with E-state index in [-0.39, 0.29) is 11.3 Å². The van der Waals surface area contributed by atoms with Gasteiger partial charge in [-0.25, -0.2) is 4.79 Å². The molecule has 6 heteroatoms. The predicted molar refractivity (Wildman–Crippen MR) is 37.1 cm³/mol. The fourth-order valence-electron chi connectivity index (χ4n) is 0.677. The summed E-state index contributed by atoms with van der Waals surface area (Å²) < 4.78 is 0. The van der Waals surface area contributed by atoms with Crippen LogP contribution in [0.2, 0.25) is 0 Å². The molecule has 1 aromatic heterocycles. The van der Waals surface area contributed by atoms with Gasteiger partial charge in [0.2, 0.25) is 0 Å². The Balaban J connectivity index is 3.73. The Hall–Kier alpha value is -2.34. The van der Waals surface area contributed by atoms with Crippen LogP contribution in [0.4, 0.5) is 0 Å². The van der Waals surface area contributed by atoms with E-state index in [9.17, 15) is 9.59 Å². The average Bonchev–Trinajstić information content (AvgIpc) is 2.03. The maximum Gasteiger partial charge on any atom is 0.326 e. The van der Waals surface area contributed by atoms with E-state index in [4.69, 9.17) is 10.5 Å². The van der Waals surface area contributed by atoms with Crippen molar-refractivity contribution in [3.8, 4) is 12.1 Å². The highest BCUT2D eigenvalue weighted by molar-refractivity contribution is 5.37. The molecule has 6 nitrogen and oxygen atoms in total. The first-order valence-electron chi connectivity index (χ1n) is 2.86. The van der Waals surface area contributed by atoms with E-state index in [2.05, 4.69) is 0 Å². The smallest absolute Gasteiger partial charge is 0.297 e. The third-order valence-corrected chi connectivity index (χ3v) is 1.17. The van der Waals surface area contributed by atoms with Gasteiger partial charge in [-0.3, -0.25) is 14.8 Å². The van der Waals surface area contributed by atoms with Crippen molar-refractivity contribution in [3.63, 3.8) is 0 Å². The van der Waals surface area contributed by atoms with Gasteiger partial charge in [0.15, 0.2) is 5.56 Å². The van der Waals surface area contributed by atoms with Gasteiger partial charge in [-0.1, -0.05) is 0 Å². The highest BCUT2D eigenvalue weighted by Gasteiger charge is 2.06. The first-order chi connectivity index (χ1) is 5.69. The number of H-pyrrole nitrogens is 2. The number of aromatic amines is 2. The summed E-state index contributed by atoms with van der Waals surface area (Å²) in [5, 5.41) is 16.8. The Bertz CT molecular complexity index is 496. The van der Waals surface area contributed by atoms with Gasteiger partial charge in [0.05, 0.1) is 0 Å². The van der Waals surface area contributed by atoms with Crippen LogP contribution in [0.25, 0.3) is 0 Å². The van der Waals surface area contributed by atoms with Crippen molar-refractivity contribution in [1.82, 2.24) is 9.97 Å². The lowest BCUT2D eigenvalue weighted by atomic mass is 10.2. The number of nitrogens with zero attached hydrogens (tertiary/aromatic N) is 2. The van der Waals surface area contributed by atoms with Crippen LogP contribution in [0.1, 0.15) is 11.3 Å². The molecular formula is C6H2N4O2. The zero-order valence-electron chi connectivity index (χ0n) is 5.71. The van der Waals surface area contributed by atoms with Crippen molar-refractivity contribution in [2.45, 2.75) is 0 Å². The van der Waals surface area contributed by atoms with Crippen LogP contribution in [0.3, 0.4) is 0 Å². The highest BCUT2D eigenvalue weighted by atomic mass is 16.2. The summed E-state index contributed by atoms with van der Waals surface area (Å²) in [7, 11) is 0. The molecule has 0 amide bonds. The molecule has 0 aliphatic heterocycles. The molecule has 0 aliphatic rings. The molecule has 12 heavy (non-hydrogen) atoms. The molecule has 2 N–H and O–H groups in total. The minimum Gasteiger partial charge on any atom is -0.297 e. The Morgan fingerprint density at radius 1 is 1.08 bits per heavy atom. The highest BCUT2D eigenvalue weighted by Crippen LogP contribution is 1.90. The Labute approximate surface area is 65.7 Å². The second-order valence-corrected chi connectivity index (χ2v) is 1.88. The van der Waals surface area contributed by atoms with Crippen molar-refractivity contribution < 1.29 is 0 Å². The summed E-state index contributed by atoms with van der Waals surface area (Å²) in [5.41, 5.74) is -2.34. The van der Waals surface area contributed by atoms with Gasteiger partial charge in [0.25, 0.3) is 5.56 Å². The van der Waals surface area contributed by atoms with Crippen molar-refractivity contribution in [2.24, 2.45) is 0 Å². The zero-order chi connectivity index (χ0) is 9.14. The first kappa shape index (κ1) is 7.76.